The quantitative estimate of drug-likeness (QED) is 0.151. The lowest BCUT2D eigenvalue weighted by Crippen LogP contribution is -2.31. The molecule has 0 bridgehead atoms. The van der Waals surface area contributed by atoms with E-state index in [1.165, 1.54) is 32.4 Å². The molecule has 0 radical (unpaired) electrons. The van der Waals surface area contributed by atoms with E-state index in [1.54, 1.807) is 29.2 Å². The van der Waals surface area contributed by atoms with E-state index in [1.807, 2.05) is 20.6 Å². The number of anilines is 2. The molecule has 0 aliphatic carbocycles. The van der Waals surface area contributed by atoms with E-state index in [4.69, 9.17) is 35.7 Å². The van der Waals surface area contributed by atoms with E-state index in [2.05, 4.69) is 5.32 Å². The lowest BCUT2D eigenvalue weighted by atomic mass is 10.0. The summed E-state index contributed by atoms with van der Waals surface area (Å²) in [6.07, 6.45) is -3.87. The minimum Gasteiger partial charge on any atom is -0.497 e. The standard InChI is InChI=1S/C29H29ClF4N2O5.C2H6.CH2O/c1-39-20-12-19(13-21(14-20)41-9-3-4-28(37)38)35-25(22-6-5-18(30)11-24(22)31)16-36-8-7-17-10-27(40-2)23(15-26(17)36)29(32,33)34;2*1-2/h5-6,10-15,25,35H,3-4,7-9,16H2,1-2H3,(H,37,38);1-2H3;1H2. The maximum absolute atomic E-state index is 15.2. The highest BCUT2D eigenvalue weighted by molar-refractivity contribution is 6.30. The Labute approximate surface area is 264 Å². The molecule has 0 saturated heterocycles. The Bertz CT molecular complexity index is 1420. The van der Waals surface area contributed by atoms with Gasteiger partial charge in [0.2, 0.25) is 0 Å². The van der Waals surface area contributed by atoms with Crippen LogP contribution in [0.1, 0.15) is 49.4 Å². The van der Waals surface area contributed by atoms with Gasteiger partial charge < -0.3 is 34.3 Å². The van der Waals surface area contributed by atoms with Crippen LogP contribution in [0.4, 0.5) is 28.9 Å². The fourth-order valence-electron chi connectivity index (χ4n) is 4.76. The summed E-state index contributed by atoms with van der Waals surface area (Å²) in [5, 5.41) is 12.3. The van der Waals surface area contributed by atoms with Crippen molar-refractivity contribution < 1.29 is 46.5 Å². The van der Waals surface area contributed by atoms with Gasteiger partial charge in [-0.15, -0.1) is 0 Å². The number of nitrogens with one attached hydrogen (secondary N) is 1. The maximum atomic E-state index is 15.2. The number of alkyl halides is 3. The van der Waals surface area contributed by atoms with Gasteiger partial charge in [0.25, 0.3) is 0 Å². The van der Waals surface area contributed by atoms with Crippen molar-refractivity contribution in [2.24, 2.45) is 0 Å². The molecule has 4 rings (SSSR count). The molecule has 1 aliphatic rings. The second-order valence-electron chi connectivity index (χ2n) is 9.48. The molecule has 2 N–H and O–H groups in total. The van der Waals surface area contributed by atoms with Crippen LogP contribution in [0, 0.1) is 5.82 Å². The predicted octanol–water partition coefficient (Wildman–Crippen LogP) is 7.82. The molecule has 0 amide bonds. The van der Waals surface area contributed by atoms with Crippen LogP contribution in [0.25, 0.3) is 0 Å². The average Bonchev–Trinajstić information content (AvgIpc) is 3.41. The Morgan fingerprint density at radius 2 is 1.76 bits per heavy atom. The molecule has 8 nitrogen and oxygen atoms in total. The van der Waals surface area contributed by atoms with Crippen LogP contribution in [0.2, 0.25) is 5.02 Å². The average molecular weight is 657 g/mol. The summed E-state index contributed by atoms with van der Waals surface area (Å²) in [6.45, 7) is 6.70. The second-order valence-corrected chi connectivity index (χ2v) is 9.92. The number of carbonyl (C=O) groups excluding carboxylic acids is 1. The zero-order valence-corrected chi connectivity index (χ0v) is 26.2. The summed E-state index contributed by atoms with van der Waals surface area (Å²) >= 11 is 5.99. The number of carbonyl (C=O) groups is 2. The van der Waals surface area contributed by atoms with Gasteiger partial charge in [-0.1, -0.05) is 31.5 Å². The van der Waals surface area contributed by atoms with Crippen LogP contribution in [-0.2, 0) is 22.2 Å². The van der Waals surface area contributed by atoms with E-state index < -0.39 is 29.6 Å². The molecule has 0 saturated carbocycles. The number of carboxylic acid groups (broad SMARTS) is 1. The molecular weight excluding hydrogens is 620 g/mol. The molecule has 3 aromatic rings. The largest absolute Gasteiger partial charge is 0.497 e. The normalized spacial score (nSPS) is 12.5. The Morgan fingerprint density at radius 1 is 1.07 bits per heavy atom. The van der Waals surface area contributed by atoms with Crippen molar-refractivity contribution in [3.05, 3.63) is 76.1 Å². The van der Waals surface area contributed by atoms with Gasteiger partial charge in [-0.2, -0.15) is 13.2 Å². The smallest absolute Gasteiger partial charge is 0.420 e. The van der Waals surface area contributed by atoms with E-state index in [0.29, 0.717) is 47.8 Å². The third-order valence-corrected chi connectivity index (χ3v) is 6.93. The lowest BCUT2D eigenvalue weighted by Gasteiger charge is -2.29. The number of ether oxygens (including phenoxy) is 3. The van der Waals surface area contributed by atoms with Crippen LogP contribution in [-0.4, -0.2) is 51.8 Å². The van der Waals surface area contributed by atoms with Gasteiger partial charge in [0.1, 0.15) is 29.9 Å². The first-order valence-corrected chi connectivity index (χ1v) is 14.4. The van der Waals surface area contributed by atoms with Gasteiger partial charge in [0.15, 0.2) is 0 Å². The lowest BCUT2D eigenvalue weighted by molar-refractivity contribution is -0.139. The van der Waals surface area contributed by atoms with Gasteiger partial charge in [-0.25, -0.2) is 4.39 Å². The number of carboxylic acids is 1. The molecule has 0 fully saturated rings. The van der Waals surface area contributed by atoms with Gasteiger partial charge in [0, 0.05) is 59.7 Å². The van der Waals surface area contributed by atoms with Crippen molar-refractivity contribution in [1.82, 2.24) is 0 Å². The highest BCUT2D eigenvalue weighted by Gasteiger charge is 2.37. The van der Waals surface area contributed by atoms with Crippen LogP contribution < -0.4 is 24.4 Å². The summed E-state index contributed by atoms with van der Waals surface area (Å²) in [7, 11) is 2.67. The molecule has 13 heteroatoms. The number of nitrogens with zero attached hydrogens (tertiary/aromatic N) is 1. The number of hydrogen-bond acceptors (Lipinski definition) is 7. The summed E-state index contributed by atoms with van der Waals surface area (Å²) in [5.41, 5.74) is 0.975. The topological polar surface area (TPSA) is 97.3 Å². The zero-order valence-electron chi connectivity index (χ0n) is 25.5. The fourth-order valence-corrected chi connectivity index (χ4v) is 4.92. The molecular formula is C32H37ClF4N2O6. The Balaban J connectivity index is 0.00000169. The zero-order chi connectivity index (χ0) is 33.7. The fraction of sp³-hybridized carbons (Fsp3) is 0.375. The minimum atomic E-state index is -4.62. The van der Waals surface area contributed by atoms with Gasteiger partial charge in [-0.05, 0) is 42.7 Å². The molecule has 3 aromatic carbocycles. The van der Waals surface area contributed by atoms with Crippen LogP contribution >= 0.6 is 11.6 Å². The Morgan fingerprint density at radius 3 is 2.36 bits per heavy atom. The highest BCUT2D eigenvalue weighted by Crippen LogP contribution is 2.43. The number of aliphatic carboxylic acids is 1. The van der Waals surface area contributed by atoms with Crippen LogP contribution in [0.3, 0.4) is 0 Å². The van der Waals surface area contributed by atoms with E-state index >= 15 is 4.39 Å². The van der Waals surface area contributed by atoms with Crippen molar-refractivity contribution >= 4 is 35.7 Å². The molecule has 0 spiro atoms. The van der Waals surface area contributed by atoms with Gasteiger partial charge in [-0.3, -0.25) is 4.79 Å². The number of hydrogen-bond donors (Lipinski definition) is 2. The SMILES string of the molecule is C=O.CC.COc1cc(NC(CN2CCc3cc(OC)c(C(F)(F)F)cc32)c2ccc(Cl)cc2F)cc(OCCCC(=O)O)c1. The molecule has 1 heterocycles. The number of rotatable bonds is 12. The minimum absolute atomic E-state index is 0.0494. The van der Waals surface area contributed by atoms with E-state index in [9.17, 15) is 18.0 Å². The maximum Gasteiger partial charge on any atom is 0.420 e. The Hall–Kier alpha value is -4.19. The molecule has 45 heavy (non-hydrogen) atoms. The predicted molar refractivity (Wildman–Crippen MR) is 166 cm³/mol. The first-order valence-electron chi connectivity index (χ1n) is 14.1. The number of halogens is 5. The van der Waals surface area contributed by atoms with E-state index in [-0.39, 0.29) is 35.9 Å². The summed E-state index contributed by atoms with van der Waals surface area (Å²) < 4.78 is 72.6. The molecule has 1 aliphatic heterocycles. The highest BCUT2D eigenvalue weighted by atomic mass is 35.5. The van der Waals surface area contributed by atoms with Crippen LogP contribution in [0.15, 0.2) is 48.5 Å². The molecule has 1 unspecified atom stereocenters. The first kappa shape index (κ1) is 37.0. The first-order chi connectivity index (χ1) is 21.5. The van der Waals surface area contributed by atoms with Crippen molar-refractivity contribution in [3.8, 4) is 17.2 Å². The number of fused-ring (bicyclic) bond motifs is 1. The molecule has 0 aromatic heterocycles. The monoisotopic (exact) mass is 656 g/mol. The van der Waals surface area contributed by atoms with Crippen molar-refractivity contribution in [2.75, 3.05) is 44.1 Å². The number of benzene rings is 3. The second kappa shape index (κ2) is 17.3. The summed E-state index contributed by atoms with van der Waals surface area (Å²) in [6, 6.07) is 11.0. The Kier molecular flexibility index (Phi) is 14.3. The third kappa shape index (κ3) is 10.2. The molecule has 246 valence electrons. The summed E-state index contributed by atoms with van der Waals surface area (Å²) in [4.78, 5) is 20.6. The number of methoxy groups -OCH3 is 2. The van der Waals surface area contributed by atoms with Crippen molar-refractivity contribution in [2.45, 2.75) is 45.3 Å². The van der Waals surface area contributed by atoms with Crippen molar-refractivity contribution in [3.63, 3.8) is 0 Å². The van der Waals surface area contributed by atoms with Gasteiger partial charge in [0.05, 0.1) is 32.4 Å². The van der Waals surface area contributed by atoms with Gasteiger partial charge >= 0.3 is 12.1 Å². The molecule has 1 atom stereocenters. The van der Waals surface area contributed by atoms with Crippen molar-refractivity contribution in [1.29, 1.82) is 0 Å². The summed E-state index contributed by atoms with van der Waals surface area (Å²) in [5.74, 6) is -0.913. The third-order valence-electron chi connectivity index (χ3n) is 6.70. The van der Waals surface area contributed by atoms with Crippen LogP contribution in [0.5, 0.6) is 17.2 Å². The van der Waals surface area contributed by atoms with E-state index in [0.717, 1.165) is 6.07 Å².